The van der Waals surface area contributed by atoms with Gasteiger partial charge in [0, 0.05) is 45.2 Å². The monoisotopic (exact) mass is 680 g/mol. The Morgan fingerprint density at radius 2 is 1.33 bits per heavy atom. The second kappa shape index (κ2) is 22.7. The van der Waals surface area contributed by atoms with E-state index in [1.807, 2.05) is 13.8 Å². The number of likely N-dealkylation sites (tertiary alicyclic amines) is 1. The molecule has 0 saturated carbocycles. The Hall–Kier alpha value is -3.79. The SMILES string of the molecule is CCOC(=O)N(C)CCN(C)C(=O)OCc1ccc(NC(=O)CCOCCOCCOCCOCCN2C(=O)CC(C(C)C)C2=O)cc1. The number of hydrogen-bond acceptors (Lipinski definition) is 11. The lowest BCUT2D eigenvalue weighted by atomic mass is 9.94. The molecule has 5 amide bonds. The van der Waals surface area contributed by atoms with Gasteiger partial charge in [0.15, 0.2) is 0 Å². The van der Waals surface area contributed by atoms with Crippen LogP contribution in [-0.4, -0.2) is 138 Å². The van der Waals surface area contributed by atoms with E-state index in [0.29, 0.717) is 58.4 Å². The van der Waals surface area contributed by atoms with Crippen molar-refractivity contribution < 1.29 is 52.4 Å². The van der Waals surface area contributed by atoms with Gasteiger partial charge in [-0.3, -0.25) is 19.3 Å². The average molecular weight is 681 g/mol. The summed E-state index contributed by atoms with van der Waals surface area (Å²) in [5, 5.41) is 2.80. The number of amides is 5. The third kappa shape index (κ3) is 15.4. The van der Waals surface area contributed by atoms with Crippen molar-refractivity contribution in [2.24, 2.45) is 11.8 Å². The number of carbonyl (C=O) groups excluding carboxylic acids is 5. The molecule has 0 spiro atoms. The third-order valence-electron chi connectivity index (χ3n) is 7.39. The van der Waals surface area contributed by atoms with Crippen molar-refractivity contribution >= 4 is 35.6 Å². The van der Waals surface area contributed by atoms with Gasteiger partial charge in [-0.25, -0.2) is 9.59 Å². The van der Waals surface area contributed by atoms with Crippen LogP contribution in [-0.2, 0) is 49.4 Å². The van der Waals surface area contributed by atoms with Crippen molar-refractivity contribution in [1.82, 2.24) is 14.7 Å². The average Bonchev–Trinajstić information content (AvgIpc) is 3.35. The first-order chi connectivity index (χ1) is 23.0. The molecule has 2 rings (SSSR count). The minimum absolute atomic E-state index is 0.0632. The molecule has 15 nitrogen and oxygen atoms in total. The summed E-state index contributed by atoms with van der Waals surface area (Å²) < 4.78 is 32.1. The van der Waals surface area contributed by atoms with Crippen LogP contribution in [0.25, 0.3) is 0 Å². The smallest absolute Gasteiger partial charge is 0.409 e. The van der Waals surface area contributed by atoms with Crippen molar-refractivity contribution in [1.29, 1.82) is 0 Å². The maximum absolute atomic E-state index is 12.3. The normalized spacial score (nSPS) is 14.4. The molecule has 270 valence electrons. The molecule has 48 heavy (non-hydrogen) atoms. The van der Waals surface area contributed by atoms with Gasteiger partial charge in [0.2, 0.25) is 17.7 Å². The molecule has 1 fully saturated rings. The molecule has 1 aliphatic heterocycles. The zero-order chi connectivity index (χ0) is 35.3. The van der Waals surface area contributed by atoms with Crippen LogP contribution in [0, 0.1) is 11.8 Å². The fourth-order valence-electron chi connectivity index (χ4n) is 4.43. The highest BCUT2D eigenvalue weighted by Crippen LogP contribution is 2.26. The topological polar surface area (TPSA) is 162 Å². The summed E-state index contributed by atoms with van der Waals surface area (Å²) in [5.41, 5.74) is 1.37. The van der Waals surface area contributed by atoms with E-state index >= 15 is 0 Å². The van der Waals surface area contributed by atoms with E-state index in [2.05, 4.69) is 5.32 Å². The Morgan fingerprint density at radius 1 is 0.812 bits per heavy atom. The number of imide groups is 1. The molecule has 1 aromatic carbocycles. The van der Waals surface area contributed by atoms with E-state index in [1.165, 1.54) is 14.7 Å². The molecule has 0 aliphatic carbocycles. The lowest BCUT2D eigenvalue weighted by Crippen LogP contribution is -2.37. The van der Waals surface area contributed by atoms with Crippen molar-refractivity contribution in [2.75, 3.05) is 98.5 Å². The van der Waals surface area contributed by atoms with Crippen LogP contribution in [0.2, 0.25) is 0 Å². The van der Waals surface area contributed by atoms with Gasteiger partial charge in [-0.2, -0.15) is 0 Å². The molecule has 0 bridgehead atoms. The summed E-state index contributed by atoms with van der Waals surface area (Å²) in [7, 11) is 3.18. The van der Waals surface area contributed by atoms with E-state index in [0.717, 1.165) is 5.56 Å². The molecule has 15 heteroatoms. The number of anilines is 1. The van der Waals surface area contributed by atoms with E-state index in [4.69, 9.17) is 28.4 Å². The number of likely N-dealkylation sites (N-methyl/N-ethyl adjacent to an activating group) is 2. The second-order valence-corrected chi connectivity index (χ2v) is 11.5. The predicted molar refractivity (Wildman–Crippen MR) is 175 cm³/mol. The maximum atomic E-state index is 12.3. The molecule has 1 N–H and O–H groups in total. The Labute approximate surface area is 283 Å². The first-order valence-corrected chi connectivity index (χ1v) is 16.3. The number of nitrogens with zero attached hydrogens (tertiary/aromatic N) is 3. The zero-order valence-electron chi connectivity index (χ0n) is 28.9. The first kappa shape index (κ1) is 40.4. The third-order valence-corrected chi connectivity index (χ3v) is 7.39. The molecule has 1 heterocycles. The molecule has 1 aromatic rings. The van der Waals surface area contributed by atoms with Gasteiger partial charge < -0.3 is 43.5 Å². The van der Waals surface area contributed by atoms with Crippen molar-refractivity contribution in [2.45, 2.75) is 40.2 Å². The Bertz CT molecular complexity index is 1150. The zero-order valence-corrected chi connectivity index (χ0v) is 28.9. The largest absolute Gasteiger partial charge is 0.450 e. The molecule has 1 atom stereocenters. The van der Waals surface area contributed by atoms with Crippen LogP contribution >= 0.6 is 0 Å². The van der Waals surface area contributed by atoms with Gasteiger partial charge in [-0.15, -0.1) is 0 Å². The van der Waals surface area contributed by atoms with Crippen molar-refractivity contribution in [3.63, 3.8) is 0 Å². The van der Waals surface area contributed by atoms with Crippen molar-refractivity contribution in [3.05, 3.63) is 29.8 Å². The standard InChI is InChI=1S/C33H52N4O11/c1-6-47-32(41)35(4)12-13-36(5)33(42)48-24-26-7-9-27(10-8-26)34-29(38)11-15-43-17-19-45-21-22-46-20-18-44-16-14-37-30(39)23-28(25(2)3)31(37)40/h7-10,25,28H,6,11-24H2,1-5H3,(H,34,38). The highest BCUT2D eigenvalue weighted by molar-refractivity contribution is 6.03. The van der Waals surface area contributed by atoms with Crippen LogP contribution in [0.1, 0.15) is 39.2 Å². The van der Waals surface area contributed by atoms with Crippen LogP contribution in [0.4, 0.5) is 15.3 Å². The van der Waals surface area contributed by atoms with Gasteiger partial charge in [0.25, 0.3) is 0 Å². The quantitative estimate of drug-likeness (QED) is 0.134. The summed E-state index contributed by atoms with van der Waals surface area (Å²) in [6.07, 6.45) is -0.511. The number of hydrogen-bond donors (Lipinski definition) is 1. The van der Waals surface area contributed by atoms with Crippen LogP contribution in [0.3, 0.4) is 0 Å². The molecule has 1 saturated heterocycles. The van der Waals surface area contributed by atoms with Crippen molar-refractivity contribution in [3.8, 4) is 0 Å². The van der Waals surface area contributed by atoms with Gasteiger partial charge in [0.05, 0.1) is 72.4 Å². The number of nitrogens with one attached hydrogen (secondary N) is 1. The van der Waals surface area contributed by atoms with Gasteiger partial charge in [-0.1, -0.05) is 26.0 Å². The number of ether oxygens (including phenoxy) is 6. The molecule has 1 aliphatic rings. The summed E-state index contributed by atoms with van der Waals surface area (Å²) in [5.74, 6) is -0.522. The highest BCUT2D eigenvalue weighted by Gasteiger charge is 2.39. The van der Waals surface area contributed by atoms with Gasteiger partial charge in [0.1, 0.15) is 6.61 Å². The first-order valence-electron chi connectivity index (χ1n) is 16.3. The minimum Gasteiger partial charge on any atom is -0.450 e. The Kier molecular flexibility index (Phi) is 19.1. The second-order valence-electron chi connectivity index (χ2n) is 11.5. The predicted octanol–water partition coefficient (Wildman–Crippen LogP) is 2.77. The summed E-state index contributed by atoms with van der Waals surface area (Å²) in [4.78, 5) is 64.4. The van der Waals surface area contributed by atoms with E-state index in [1.54, 1.807) is 45.3 Å². The van der Waals surface area contributed by atoms with Crippen LogP contribution < -0.4 is 5.32 Å². The van der Waals surface area contributed by atoms with Gasteiger partial charge in [-0.05, 0) is 30.5 Å². The number of rotatable bonds is 23. The van der Waals surface area contributed by atoms with E-state index in [9.17, 15) is 24.0 Å². The molecule has 1 unspecified atom stereocenters. The summed E-state index contributed by atoms with van der Waals surface area (Å²) >= 11 is 0. The lowest BCUT2D eigenvalue weighted by molar-refractivity contribution is -0.140. The van der Waals surface area contributed by atoms with Crippen LogP contribution in [0.15, 0.2) is 24.3 Å². The number of carbonyl (C=O) groups is 5. The summed E-state index contributed by atoms with van der Waals surface area (Å²) in [6.45, 7) is 9.56. The molecule has 0 radical (unpaired) electrons. The Morgan fingerprint density at radius 3 is 1.85 bits per heavy atom. The number of benzene rings is 1. The molecule has 0 aromatic heterocycles. The fourth-order valence-corrected chi connectivity index (χ4v) is 4.43. The van der Waals surface area contributed by atoms with E-state index < -0.39 is 12.2 Å². The van der Waals surface area contributed by atoms with E-state index in [-0.39, 0.29) is 75.4 Å². The minimum atomic E-state index is -0.519. The molecular formula is C33H52N4O11. The molecular weight excluding hydrogens is 628 g/mol. The Balaban J connectivity index is 1.43. The van der Waals surface area contributed by atoms with Crippen LogP contribution in [0.5, 0.6) is 0 Å². The lowest BCUT2D eigenvalue weighted by Gasteiger charge is -2.21. The highest BCUT2D eigenvalue weighted by atomic mass is 16.6. The fraction of sp³-hybridized carbons (Fsp3) is 0.667. The summed E-state index contributed by atoms with van der Waals surface area (Å²) in [6, 6.07) is 6.96. The maximum Gasteiger partial charge on any atom is 0.409 e. The van der Waals surface area contributed by atoms with Gasteiger partial charge >= 0.3 is 12.2 Å².